The highest BCUT2D eigenvalue weighted by molar-refractivity contribution is 7.92. The van der Waals surface area contributed by atoms with Gasteiger partial charge in [0.25, 0.3) is 15.9 Å². The van der Waals surface area contributed by atoms with E-state index in [-0.39, 0.29) is 27.1 Å². The van der Waals surface area contributed by atoms with Crippen molar-refractivity contribution in [2.45, 2.75) is 4.90 Å². The van der Waals surface area contributed by atoms with Gasteiger partial charge in [-0.25, -0.2) is 13.4 Å². The molecule has 0 aliphatic carbocycles. The van der Waals surface area contributed by atoms with Crippen molar-refractivity contribution < 1.29 is 13.2 Å². The van der Waals surface area contributed by atoms with Gasteiger partial charge in [-0.1, -0.05) is 35.3 Å². The molecule has 4 aromatic rings. The molecule has 0 saturated heterocycles. The van der Waals surface area contributed by atoms with E-state index < -0.39 is 15.9 Å². The number of hydrogen-bond acceptors (Lipinski definition) is 4. The van der Waals surface area contributed by atoms with Crippen LogP contribution in [0.15, 0.2) is 71.6 Å². The monoisotopic (exact) mass is 460 g/mol. The van der Waals surface area contributed by atoms with Crippen molar-refractivity contribution in [3.05, 3.63) is 82.3 Å². The number of nitrogens with one attached hydrogen (secondary N) is 3. The number of carbonyl (C=O) groups is 1. The van der Waals surface area contributed by atoms with Crippen LogP contribution in [0.4, 0.5) is 11.6 Å². The summed E-state index contributed by atoms with van der Waals surface area (Å²) in [7, 11) is -3.95. The van der Waals surface area contributed by atoms with Crippen LogP contribution in [0.5, 0.6) is 0 Å². The van der Waals surface area contributed by atoms with Gasteiger partial charge in [-0.15, -0.1) is 0 Å². The molecular weight excluding hydrogens is 447 g/mol. The lowest BCUT2D eigenvalue weighted by atomic mass is 10.1. The fraction of sp³-hybridized carbons (Fsp3) is 0. The number of sulfonamides is 1. The summed E-state index contributed by atoms with van der Waals surface area (Å²) in [6.45, 7) is 0. The average molecular weight is 461 g/mol. The largest absolute Gasteiger partial charge is 0.324 e. The van der Waals surface area contributed by atoms with Gasteiger partial charge in [-0.3, -0.25) is 14.8 Å². The van der Waals surface area contributed by atoms with Crippen LogP contribution >= 0.6 is 23.2 Å². The molecular formula is C20H14Cl2N4O3S. The lowest BCUT2D eigenvalue weighted by Crippen LogP contribution is -2.19. The zero-order valence-corrected chi connectivity index (χ0v) is 17.5. The van der Waals surface area contributed by atoms with E-state index in [2.05, 4.69) is 20.0 Å². The third kappa shape index (κ3) is 4.25. The van der Waals surface area contributed by atoms with Crippen molar-refractivity contribution >= 4 is 61.8 Å². The zero-order valence-electron chi connectivity index (χ0n) is 15.2. The number of imidazole rings is 1. The topological polar surface area (TPSA) is 104 Å². The molecule has 1 heterocycles. The van der Waals surface area contributed by atoms with Crippen LogP contribution in [0.3, 0.4) is 0 Å². The first-order chi connectivity index (χ1) is 14.3. The number of halogens is 2. The van der Waals surface area contributed by atoms with E-state index in [0.717, 1.165) is 5.52 Å². The minimum atomic E-state index is -3.95. The smallest absolute Gasteiger partial charge is 0.261 e. The number of aromatic amines is 1. The number of hydrogen-bond donors (Lipinski definition) is 3. The first kappa shape index (κ1) is 20.2. The molecule has 3 aromatic carbocycles. The van der Waals surface area contributed by atoms with Crippen molar-refractivity contribution in [1.82, 2.24) is 9.97 Å². The second-order valence-corrected chi connectivity index (χ2v) is 8.86. The first-order valence-electron chi connectivity index (χ1n) is 8.66. The highest BCUT2D eigenvalue weighted by Gasteiger charge is 2.20. The zero-order chi connectivity index (χ0) is 21.3. The van der Waals surface area contributed by atoms with Gasteiger partial charge >= 0.3 is 0 Å². The molecule has 1 amide bonds. The Morgan fingerprint density at radius 3 is 2.37 bits per heavy atom. The number of para-hydroxylation sites is 2. The number of amides is 1. The van der Waals surface area contributed by atoms with E-state index in [1.54, 1.807) is 6.07 Å². The molecule has 1 aromatic heterocycles. The fourth-order valence-corrected chi connectivity index (χ4v) is 4.18. The van der Waals surface area contributed by atoms with Crippen LogP contribution in [0, 0.1) is 0 Å². The van der Waals surface area contributed by atoms with E-state index in [0.29, 0.717) is 10.5 Å². The van der Waals surface area contributed by atoms with Crippen molar-refractivity contribution in [2.75, 3.05) is 10.0 Å². The predicted octanol–water partition coefficient (Wildman–Crippen LogP) is 4.92. The average Bonchev–Trinajstić information content (AvgIpc) is 3.11. The Balaban J connectivity index is 1.64. The second kappa shape index (κ2) is 7.98. The number of fused-ring (bicyclic) bond motifs is 1. The van der Waals surface area contributed by atoms with Crippen LogP contribution in [-0.4, -0.2) is 24.3 Å². The van der Waals surface area contributed by atoms with E-state index in [1.807, 2.05) is 18.2 Å². The van der Waals surface area contributed by atoms with E-state index in [9.17, 15) is 13.2 Å². The maximum atomic E-state index is 12.8. The Kier molecular flexibility index (Phi) is 5.38. The Morgan fingerprint density at radius 1 is 0.933 bits per heavy atom. The number of aromatic nitrogens is 2. The van der Waals surface area contributed by atoms with Gasteiger partial charge in [0.2, 0.25) is 5.95 Å². The molecule has 7 nitrogen and oxygen atoms in total. The molecule has 0 atom stereocenters. The van der Waals surface area contributed by atoms with Gasteiger partial charge in [-0.05, 0) is 54.6 Å². The molecule has 0 fully saturated rings. The number of anilines is 2. The number of carbonyl (C=O) groups excluding carboxylic acids is 1. The molecule has 0 saturated carbocycles. The predicted molar refractivity (Wildman–Crippen MR) is 118 cm³/mol. The standard InChI is InChI=1S/C20H14Cl2N4O3S/c21-12-5-8-14(9-6-12)30(28,29)26-16-10-7-13(22)11-15(16)19(27)25-20-23-17-3-1-2-4-18(17)24-20/h1-11,26H,(H2,23,24,25,27). The summed E-state index contributed by atoms with van der Waals surface area (Å²) in [5, 5.41) is 3.32. The Morgan fingerprint density at radius 2 is 1.63 bits per heavy atom. The summed E-state index contributed by atoms with van der Waals surface area (Å²) in [4.78, 5) is 20.1. The summed E-state index contributed by atoms with van der Waals surface area (Å²) in [6.07, 6.45) is 0. The molecule has 0 bridgehead atoms. The molecule has 0 aliphatic heterocycles. The summed E-state index contributed by atoms with van der Waals surface area (Å²) in [5.41, 5.74) is 1.55. The van der Waals surface area contributed by atoms with Crippen molar-refractivity contribution in [3.63, 3.8) is 0 Å². The van der Waals surface area contributed by atoms with E-state index in [4.69, 9.17) is 23.2 Å². The van der Waals surface area contributed by atoms with Gasteiger partial charge in [0.1, 0.15) is 0 Å². The Hall–Kier alpha value is -3.07. The highest BCUT2D eigenvalue weighted by atomic mass is 35.5. The minimum absolute atomic E-state index is 0.00509. The van der Waals surface area contributed by atoms with Gasteiger partial charge in [0.05, 0.1) is 27.2 Å². The lowest BCUT2D eigenvalue weighted by Gasteiger charge is -2.13. The van der Waals surface area contributed by atoms with Crippen LogP contribution in [0.2, 0.25) is 10.0 Å². The molecule has 0 spiro atoms. The number of H-pyrrole nitrogens is 1. The lowest BCUT2D eigenvalue weighted by molar-refractivity contribution is 0.102. The minimum Gasteiger partial charge on any atom is -0.324 e. The SMILES string of the molecule is O=C(Nc1nc2ccccc2[nH]1)c1cc(Cl)ccc1NS(=O)(=O)c1ccc(Cl)cc1. The fourth-order valence-electron chi connectivity index (χ4n) is 2.80. The number of benzene rings is 3. The summed E-state index contributed by atoms with van der Waals surface area (Å²) < 4.78 is 27.8. The second-order valence-electron chi connectivity index (χ2n) is 6.31. The summed E-state index contributed by atoms with van der Waals surface area (Å²) >= 11 is 11.9. The van der Waals surface area contributed by atoms with Crippen molar-refractivity contribution in [3.8, 4) is 0 Å². The number of nitrogens with zero attached hydrogens (tertiary/aromatic N) is 1. The van der Waals surface area contributed by atoms with Gasteiger partial charge in [0.15, 0.2) is 0 Å². The van der Waals surface area contributed by atoms with Gasteiger partial charge < -0.3 is 4.98 Å². The first-order valence-corrected chi connectivity index (χ1v) is 10.9. The molecule has 0 aliphatic rings. The highest BCUT2D eigenvalue weighted by Crippen LogP contribution is 2.25. The molecule has 152 valence electrons. The van der Waals surface area contributed by atoms with E-state index in [1.165, 1.54) is 42.5 Å². The van der Waals surface area contributed by atoms with E-state index >= 15 is 0 Å². The molecule has 0 radical (unpaired) electrons. The maximum Gasteiger partial charge on any atom is 0.261 e. The Bertz CT molecular complexity index is 1320. The molecule has 4 rings (SSSR count). The molecule has 30 heavy (non-hydrogen) atoms. The van der Waals surface area contributed by atoms with Crippen LogP contribution in [-0.2, 0) is 10.0 Å². The molecule has 3 N–H and O–H groups in total. The van der Waals surface area contributed by atoms with Crippen LogP contribution in [0.25, 0.3) is 11.0 Å². The normalized spacial score (nSPS) is 11.4. The molecule has 10 heteroatoms. The molecule has 0 unspecified atom stereocenters. The maximum absolute atomic E-state index is 12.8. The van der Waals surface area contributed by atoms with Gasteiger partial charge in [0, 0.05) is 10.0 Å². The number of rotatable bonds is 5. The van der Waals surface area contributed by atoms with Crippen molar-refractivity contribution in [2.24, 2.45) is 0 Å². The third-order valence-corrected chi connectivity index (χ3v) is 6.08. The van der Waals surface area contributed by atoms with Gasteiger partial charge in [-0.2, -0.15) is 0 Å². The third-order valence-electron chi connectivity index (χ3n) is 4.22. The summed E-state index contributed by atoms with van der Waals surface area (Å²) in [5.74, 6) is -0.349. The quantitative estimate of drug-likeness (QED) is 0.392. The van der Waals surface area contributed by atoms with Crippen LogP contribution < -0.4 is 10.0 Å². The van der Waals surface area contributed by atoms with Crippen molar-refractivity contribution in [1.29, 1.82) is 0 Å². The van der Waals surface area contributed by atoms with Crippen LogP contribution in [0.1, 0.15) is 10.4 Å². The summed E-state index contributed by atoms with van der Waals surface area (Å²) in [6, 6.07) is 17.2. The Labute approximate surface area is 182 Å².